The Morgan fingerprint density at radius 3 is 2.63 bits per heavy atom. The summed E-state index contributed by atoms with van der Waals surface area (Å²) in [6, 6.07) is 10.8. The minimum atomic E-state index is 0.0493. The number of benzene rings is 1. The molecule has 2 aliphatic rings. The lowest BCUT2D eigenvalue weighted by Crippen LogP contribution is -2.52. The van der Waals surface area contributed by atoms with Gasteiger partial charge in [0.25, 0.3) is 0 Å². The molecule has 0 aromatic heterocycles. The molecule has 1 aromatic rings. The number of nitrogens with one attached hydrogen (secondary N) is 2. The molecule has 2 saturated heterocycles. The normalized spacial score (nSPS) is 21.7. The summed E-state index contributed by atoms with van der Waals surface area (Å²) in [5.74, 6) is 1.64. The molecule has 2 fully saturated rings. The fourth-order valence-electron chi connectivity index (χ4n) is 4.34. The van der Waals surface area contributed by atoms with Crippen LogP contribution in [0, 0.1) is 5.92 Å². The van der Waals surface area contributed by atoms with Crippen LogP contribution in [0.15, 0.2) is 35.3 Å². The van der Waals surface area contributed by atoms with Gasteiger partial charge in [0.15, 0.2) is 5.96 Å². The molecule has 0 aliphatic carbocycles. The molecule has 2 aliphatic heterocycles. The molecule has 0 radical (unpaired) electrons. The Morgan fingerprint density at radius 1 is 1.13 bits per heavy atom. The predicted octanol–water partition coefficient (Wildman–Crippen LogP) is 2.22. The van der Waals surface area contributed by atoms with Crippen molar-refractivity contribution >= 4 is 5.96 Å². The van der Waals surface area contributed by atoms with Gasteiger partial charge in [0.05, 0.1) is 19.8 Å². The van der Waals surface area contributed by atoms with Crippen molar-refractivity contribution in [2.45, 2.75) is 39.2 Å². The highest BCUT2D eigenvalue weighted by atomic mass is 16.5. The molecule has 6 nitrogen and oxygen atoms in total. The Hall–Kier alpha value is -1.63. The highest BCUT2D eigenvalue weighted by molar-refractivity contribution is 5.79. The third-order valence-electron chi connectivity index (χ3n) is 6.32. The summed E-state index contributed by atoms with van der Waals surface area (Å²) >= 11 is 0. The van der Waals surface area contributed by atoms with E-state index >= 15 is 0 Å². The maximum Gasteiger partial charge on any atom is 0.191 e. The Kier molecular flexibility index (Phi) is 8.97. The van der Waals surface area contributed by atoms with Gasteiger partial charge in [-0.2, -0.15) is 0 Å². The minimum absolute atomic E-state index is 0.0493. The first-order chi connectivity index (χ1) is 14.6. The van der Waals surface area contributed by atoms with Crippen LogP contribution >= 0.6 is 0 Å². The first-order valence-electron chi connectivity index (χ1n) is 11.7. The maximum atomic E-state index is 5.50. The predicted molar refractivity (Wildman–Crippen MR) is 125 cm³/mol. The van der Waals surface area contributed by atoms with Gasteiger partial charge < -0.3 is 20.3 Å². The van der Waals surface area contributed by atoms with Crippen molar-refractivity contribution in [3.8, 4) is 0 Å². The molecule has 0 spiro atoms. The van der Waals surface area contributed by atoms with Crippen molar-refractivity contribution < 1.29 is 4.74 Å². The van der Waals surface area contributed by atoms with Gasteiger partial charge in [0, 0.05) is 44.8 Å². The van der Waals surface area contributed by atoms with Crippen LogP contribution in [-0.4, -0.2) is 86.9 Å². The molecule has 2 heterocycles. The molecule has 0 saturated carbocycles. The summed E-state index contributed by atoms with van der Waals surface area (Å²) < 4.78 is 5.50. The van der Waals surface area contributed by atoms with Crippen LogP contribution in [0.1, 0.15) is 32.8 Å². The van der Waals surface area contributed by atoms with E-state index in [9.17, 15) is 0 Å². The number of morpholine rings is 1. The monoisotopic (exact) mass is 415 g/mol. The maximum absolute atomic E-state index is 5.50. The summed E-state index contributed by atoms with van der Waals surface area (Å²) in [4.78, 5) is 10.0. The largest absolute Gasteiger partial charge is 0.379 e. The molecule has 2 N–H and O–H groups in total. The number of rotatable bonds is 9. The molecule has 30 heavy (non-hydrogen) atoms. The first-order valence-corrected chi connectivity index (χ1v) is 11.7. The Balaban J connectivity index is 1.42. The molecule has 0 bridgehead atoms. The van der Waals surface area contributed by atoms with Gasteiger partial charge in [0.1, 0.15) is 0 Å². The lowest BCUT2D eigenvalue weighted by molar-refractivity contribution is -0.00683. The van der Waals surface area contributed by atoms with Crippen LogP contribution in [0.3, 0.4) is 0 Å². The van der Waals surface area contributed by atoms with Crippen LogP contribution < -0.4 is 10.6 Å². The molecular formula is C24H41N5O. The van der Waals surface area contributed by atoms with Gasteiger partial charge in [-0.15, -0.1) is 0 Å². The first kappa shape index (κ1) is 23.0. The Bertz CT molecular complexity index is 642. The van der Waals surface area contributed by atoms with Crippen LogP contribution in [0.4, 0.5) is 0 Å². The van der Waals surface area contributed by atoms with Gasteiger partial charge >= 0.3 is 0 Å². The number of nitrogens with zero attached hydrogens (tertiary/aromatic N) is 3. The van der Waals surface area contributed by atoms with E-state index in [1.54, 1.807) is 0 Å². The van der Waals surface area contributed by atoms with E-state index in [-0.39, 0.29) is 5.54 Å². The van der Waals surface area contributed by atoms with E-state index in [0.29, 0.717) is 5.92 Å². The van der Waals surface area contributed by atoms with Gasteiger partial charge in [0.2, 0.25) is 0 Å². The van der Waals surface area contributed by atoms with Gasteiger partial charge in [-0.25, -0.2) is 0 Å². The lowest BCUT2D eigenvalue weighted by atomic mass is 10.0. The zero-order chi connectivity index (χ0) is 21.2. The van der Waals surface area contributed by atoms with Gasteiger partial charge in [-0.05, 0) is 51.6 Å². The standard InChI is InChI=1S/C24H41N5O/c1-4-25-23(27-20-24(2,3)29-14-16-30-17-15-29)26-18-22-11-13-28(19-22)12-10-21-8-6-5-7-9-21/h5-9,22H,4,10-20H2,1-3H3,(H2,25,26,27). The summed E-state index contributed by atoms with van der Waals surface area (Å²) in [6.07, 6.45) is 2.40. The molecule has 1 unspecified atom stereocenters. The second kappa shape index (κ2) is 11.7. The molecule has 3 rings (SSSR count). The topological polar surface area (TPSA) is 52.1 Å². The minimum Gasteiger partial charge on any atom is -0.379 e. The molecular weight excluding hydrogens is 374 g/mol. The fraction of sp³-hybridized carbons (Fsp3) is 0.708. The van der Waals surface area contributed by atoms with E-state index in [0.717, 1.165) is 64.9 Å². The van der Waals surface area contributed by atoms with E-state index in [1.807, 2.05) is 0 Å². The number of ether oxygens (including phenoxy) is 1. The average molecular weight is 416 g/mol. The number of likely N-dealkylation sites (tertiary alicyclic amines) is 1. The second-order valence-electron chi connectivity index (χ2n) is 9.18. The smallest absolute Gasteiger partial charge is 0.191 e. The number of hydrogen-bond acceptors (Lipinski definition) is 4. The molecule has 1 atom stereocenters. The summed E-state index contributed by atoms with van der Waals surface area (Å²) in [5, 5.41) is 7.02. The van der Waals surface area contributed by atoms with Crippen molar-refractivity contribution in [1.29, 1.82) is 0 Å². The molecule has 1 aromatic carbocycles. The molecule has 6 heteroatoms. The highest BCUT2D eigenvalue weighted by Gasteiger charge is 2.28. The van der Waals surface area contributed by atoms with Crippen LogP contribution in [0.25, 0.3) is 0 Å². The van der Waals surface area contributed by atoms with Crippen molar-refractivity contribution in [1.82, 2.24) is 20.4 Å². The lowest BCUT2D eigenvalue weighted by Gasteiger charge is -2.39. The van der Waals surface area contributed by atoms with E-state index in [1.165, 1.54) is 25.1 Å². The third kappa shape index (κ3) is 7.25. The average Bonchev–Trinajstić information content (AvgIpc) is 3.23. The fourth-order valence-corrected chi connectivity index (χ4v) is 4.34. The van der Waals surface area contributed by atoms with Crippen LogP contribution in [-0.2, 0) is 11.2 Å². The van der Waals surface area contributed by atoms with Crippen LogP contribution in [0.2, 0.25) is 0 Å². The zero-order valence-electron chi connectivity index (χ0n) is 19.2. The molecule has 168 valence electrons. The summed E-state index contributed by atoms with van der Waals surface area (Å²) in [6.45, 7) is 16.5. The third-order valence-corrected chi connectivity index (χ3v) is 6.32. The quantitative estimate of drug-likeness (QED) is 0.478. The number of guanidine groups is 1. The summed E-state index contributed by atoms with van der Waals surface area (Å²) in [5.41, 5.74) is 1.48. The van der Waals surface area contributed by atoms with Crippen molar-refractivity contribution in [3.05, 3.63) is 35.9 Å². The Morgan fingerprint density at radius 2 is 1.90 bits per heavy atom. The van der Waals surface area contributed by atoms with Gasteiger partial charge in [-0.3, -0.25) is 9.89 Å². The SMILES string of the molecule is CCNC(=NCC(C)(C)N1CCOCC1)NCC1CCN(CCc2ccccc2)C1. The second-order valence-corrected chi connectivity index (χ2v) is 9.18. The van der Waals surface area contributed by atoms with Gasteiger partial charge in [-0.1, -0.05) is 30.3 Å². The van der Waals surface area contributed by atoms with E-state index in [2.05, 4.69) is 71.5 Å². The number of aliphatic imine (C=N–C) groups is 1. The van der Waals surface area contributed by atoms with Crippen molar-refractivity contribution in [2.75, 3.05) is 65.6 Å². The van der Waals surface area contributed by atoms with E-state index < -0.39 is 0 Å². The Labute approximate surface area is 183 Å². The molecule has 0 amide bonds. The van der Waals surface area contributed by atoms with Crippen LogP contribution in [0.5, 0.6) is 0 Å². The van der Waals surface area contributed by atoms with Crippen molar-refractivity contribution in [3.63, 3.8) is 0 Å². The highest BCUT2D eigenvalue weighted by Crippen LogP contribution is 2.17. The number of hydrogen-bond donors (Lipinski definition) is 2. The summed E-state index contributed by atoms with van der Waals surface area (Å²) in [7, 11) is 0. The van der Waals surface area contributed by atoms with E-state index in [4.69, 9.17) is 9.73 Å². The zero-order valence-corrected chi connectivity index (χ0v) is 19.2. The van der Waals surface area contributed by atoms with Crippen molar-refractivity contribution in [2.24, 2.45) is 10.9 Å².